The van der Waals surface area contributed by atoms with Crippen molar-refractivity contribution >= 4 is 18.3 Å². The van der Waals surface area contributed by atoms with Crippen molar-refractivity contribution in [3.8, 4) is 6.07 Å². The molecule has 1 fully saturated rings. The fourth-order valence-corrected chi connectivity index (χ4v) is 2.84. The van der Waals surface area contributed by atoms with Gasteiger partial charge < -0.3 is 4.90 Å². The summed E-state index contributed by atoms with van der Waals surface area (Å²) in [6.07, 6.45) is 3.91. The highest BCUT2D eigenvalue weighted by atomic mass is 32.1. The van der Waals surface area contributed by atoms with Crippen LogP contribution in [0.4, 0.5) is 5.69 Å². The van der Waals surface area contributed by atoms with Gasteiger partial charge in [0.25, 0.3) is 0 Å². The second-order valence-corrected chi connectivity index (χ2v) is 5.34. The molecule has 0 amide bonds. The van der Waals surface area contributed by atoms with Crippen molar-refractivity contribution in [3.05, 3.63) is 29.8 Å². The number of rotatable bonds is 4. The first-order valence-electron chi connectivity index (χ1n) is 6.01. The van der Waals surface area contributed by atoms with E-state index in [1.54, 1.807) is 0 Å². The van der Waals surface area contributed by atoms with Crippen molar-refractivity contribution in [3.63, 3.8) is 0 Å². The number of benzene rings is 1. The highest BCUT2D eigenvalue weighted by Gasteiger charge is 2.36. The monoisotopic (exact) mass is 246 g/mol. The first-order chi connectivity index (χ1) is 8.19. The Kier molecular flexibility index (Phi) is 3.63. The van der Waals surface area contributed by atoms with E-state index in [1.165, 1.54) is 24.9 Å². The van der Waals surface area contributed by atoms with Gasteiger partial charge in [0.1, 0.15) is 0 Å². The Bertz CT molecular complexity index is 409. The van der Waals surface area contributed by atoms with Crippen molar-refractivity contribution in [2.24, 2.45) is 5.41 Å². The van der Waals surface area contributed by atoms with Gasteiger partial charge in [0.15, 0.2) is 0 Å². The molecule has 2 rings (SSSR count). The molecule has 1 aromatic carbocycles. The molecule has 3 heteroatoms. The molecule has 90 valence electrons. The average Bonchev–Trinajstić information content (AvgIpc) is 2.33. The van der Waals surface area contributed by atoms with Crippen LogP contribution in [0.1, 0.15) is 24.8 Å². The molecule has 0 aliphatic heterocycles. The standard InChI is InChI=1S/C14H18N2S/c1-16(10-14(11-17)7-2-8-14)13-5-3-12(9-15)4-6-13/h3-6,17H,2,7-8,10-11H2,1H3. The van der Waals surface area contributed by atoms with Gasteiger partial charge in [-0.25, -0.2) is 0 Å². The summed E-state index contributed by atoms with van der Waals surface area (Å²) in [6, 6.07) is 9.93. The summed E-state index contributed by atoms with van der Waals surface area (Å²) in [7, 11) is 2.12. The molecular weight excluding hydrogens is 228 g/mol. The van der Waals surface area contributed by atoms with Gasteiger partial charge in [0.05, 0.1) is 11.6 Å². The van der Waals surface area contributed by atoms with Crippen molar-refractivity contribution in [1.29, 1.82) is 5.26 Å². The molecule has 0 spiro atoms. The predicted molar refractivity (Wildman–Crippen MR) is 74.6 cm³/mol. The van der Waals surface area contributed by atoms with Gasteiger partial charge in [-0.05, 0) is 48.3 Å². The van der Waals surface area contributed by atoms with Crippen molar-refractivity contribution in [2.75, 3.05) is 24.2 Å². The molecular formula is C14H18N2S. The quantitative estimate of drug-likeness (QED) is 0.827. The molecule has 0 N–H and O–H groups in total. The van der Waals surface area contributed by atoms with Gasteiger partial charge in [-0.1, -0.05) is 6.42 Å². The molecule has 0 unspecified atom stereocenters. The van der Waals surface area contributed by atoms with Crippen LogP contribution >= 0.6 is 12.6 Å². The Balaban J connectivity index is 2.04. The SMILES string of the molecule is CN(CC1(CS)CCC1)c1ccc(C#N)cc1. The van der Waals surface area contributed by atoms with E-state index in [9.17, 15) is 0 Å². The van der Waals surface area contributed by atoms with E-state index in [1.807, 2.05) is 24.3 Å². The van der Waals surface area contributed by atoms with Gasteiger partial charge >= 0.3 is 0 Å². The summed E-state index contributed by atoms with van der Waals surface area (Å²) in [6.45, 7) is 1.06. The maximum atomic E-state index is 8.77. The number of nitriles is 1. The van der Waals surface area contributed by atoms with E-state index in [4.69, 9.17) is 5.26 Å². The van der Waals surface area contributed by atoms with Gasteiger partial charge in [0.2, 0.25) is 0 Å². The molecule has 0 saturated heterocycles. The lowest BCUT2D eigenvalue weighted by Crippen LogP contribution is -2.42. The zero-order valence-corrected chi connectivity index (χ0v) is 11.1. The summed E-state index contributed by atoms with van der Waals surface area (Å²) in [4.78, 5) is 2.27. The molecule has 0 aromatic heterocycles. The van der Waals surface area contributed by atoms with Gasteiger partial charge in [-0.3, -0.25) is 0 Å². The molecule has 0 heterocycles. The van der Waals surface area contributed by atoms with Crippen LogP contribution in [0.2, 0.25) is 0 Å². The maximum absolute atomic E-state index is 8.77. The molecule has 1 aromatic rings. The minimum atomic E-state index is 0.408. The molecule has 1 aliphatic carbocycles. The smallest absolute Gasteiger partial charge is 0.0991 e. The van der Waals surface area contributed by atoms with Crippen molar-refractivity contribution in [1.82, 2.24) is 0 Å². The fraction of sp³-hybridized carbons (Fsp3) is 0.500. The van der Waals surface area contributed by atoms with Crippen LogP contribution in [0.3, 0.4) is 0 Å². The van der Waals surface area contributed by atoms with E-state index in [0.29, 0.717) is 5.41 Å². The van der Waals surface area contributed by atoms with Crippen LogP contribution in [-0.2, 0) is 0 Å². The van der Waals surface area contributed by atoms with E-state index in [0.717, 1.165) is 17.9 Å². The molecule has 0 atom stereocenters. The Morgan fingerprint density at radius 2 is 2.00 bits per heavy atom. The average molecular weight is 246 g/mol. The summed E-state index contributed by atoms with van der Waals surface area (Å²) in [5.74, 6) is 0.966. The summed E-state index contributed by atoms with van der Waals surface area (Å²) in [5.41, 5.74) is 2.30. The van der Waals surface area contributed by atoms with E-state index in [2.05, 4.69) is 30.6 Å². The molecule has 0 radical (unpaired) electrons. The second-order valence-electron chi connectivity index (χ2n) is 5.03. The fourth-order valence-electron chi connectivity index (χ4n) is 2.43. The van der Waals surface area contributed by atoms with Gasteiger partial charge in [-0.2, -0.15) is 17.9 Å². The summed E-state index contributed by atoms with van der Waals surface area (Å²) >= 11 is 4.48. The van der Waals surface area contributed by atoms with Gasteiger partial charge in [-0.15, -0.1) is 0 Å². The molecule has 2 nitrogen and oxygen atoms in total. The Morgan fingerprint density at radius 1 is 1.35 bits per heavy atom. The van der Waals surface area contributed by atoms with Crippen LogP contribution in [-0.4, -0.2) is 19.3 Å². The van der Waals surface area contributed by atoms with Crippen LogP contribution in [0.5, 0.6) is 0 Å². The second kappa shape index (κ2) is 5.01. The molecule has 17 heavy (non-hydrogen) atoms. The lowest BCUT2D eigenvalue weighted by Gasteiger charge is -2.44. The topological polar surface area (TPSA) is 27.0 Å². The molecule has 0 bridgehead atoms. The van der Waals surface area contributed by atoms with Crippen molar-refractivity contribution < 1.29 is 0 Å². The first-order valence-corrected chi connectivity index (χ1v) is 6.64. The minimum absolute atomic E-state index is 0.408. The number of hydrogen-bond donors (Lipinski definition) is 1. The molecule has 1 aliphatic rings. The van der Waals surface area contributed by atoms with Crippen LogP contribution < -0.4 is 4.90 Å². The lowest BCUT2D eigenvalue weighted by atomic mass is 9.70. The third-order valence-corrected chi connectivity index (χ3v) is 4.43. The normalized spacial score (nSPS) is 17.0. The Labute approximate surface area is 109 Å². The Hall–Kier alpha value is -1.14. The largest absolute Gasteiger partial charge is 0.374 e. The minimum Gasteiger partial charge on any atom is -0.374 e. The van der Waals surface area contributed by atoms with Gasteiger partial charge in [0, 0.05) is 19.3 Å². The van der Waals surface area contributed by atoms with Crippen LogP contribution in [0.15, 0.2) is 24.3 Å². The molecule has 1 saturated carbocycles. The number of anilines is 1. The predicted octanol–water partition coefficient (Wildman–Crippen LogP) is 3.09. The van der Waals surface area contributed by atoms with E-state index < -0.39 is 0 Å². The third-order valence-electron chi connectivity index (χ3n) is 3.76. The Morgan fingerprint density at radius 3 is 2.41 bits per heavy atom. The number of thiol groups is 1. The zero-order chi connectivity index (χ0) is 12.3. The maximum Gasteiger partial charge on any atom is 0.0991 e. The highest BCUT2D eigenvalue weighted by Crippen LogP contribution is 2.42. The third kappa shape index (κ3) is 2.58. The van der Waals surface area contributed by atoms with E-state index in [-0.39, 0.29) is 0 Å². The number of hydrogen-bond acceptors (Lipinski definition) is 3. The number of nitrogens with zero attached hydrogens (tertiary/aromatic N) is 2. The zero-order valence-electron chi connectivity index (χ0n) is 10.2. The lowest BCUT2D eigenvalue weighted by molar-refractivity contribution is 0.178. The van der Waals surface area contributed by atoms with Crippen LogP contribution in [0.25, 0.3) is 0 Å². The van der Waals surface area contributed by atoms with E-state index >= 15 is 0 Å². The van der Waals surface area contributed by atoms with Crippen LogP contribution in [0, 0.1) is 16.7 Å². The summed E-state index contributed by atoms with van der Waals surface area (Å²) in [5, 5.41) is 8.77. The van der Waals surface area contributed by atoms with Crippen molar-refractivity contribution in [2.45, 2.75) is 19.3 Å². The first kappa shape index (κ1) is 12.3. The highest BCUT2D eigenvalue weighted by molar-refractivity contribution is 7.80. The summed E-state index contributed by atoms with van der Waals surface area (Å²) < 4.78 is 0.